The number of halogens is 1. The molecule has 0 aromatic heterocycles. The van der Waals surface area contributed by atoms with Crippen molar-refractivity contribution >= 4 is 27.5 Å². The summed E-state index contributed by atoms with van der Waals surface area (Å²) in [6.45, 7) is 0.0280. The standard InChI is InChI=1S/C32H36FN3O8S/c1-34(2)30(38)26-7-6-15-35(26)32(24-17-20(14-16-37)8-12-27(24)43-4)23-18-21(33)9-11-25(23)36(31(32)39)45(40,41)29-13-10-22(42-3)19-28(29)44-5/h8-13,17-19,26,37H,6-7,14-16H2,1-5H3/t26-,32?/m0/s1. The van der Waals surface area contributed by atoms with E-state index in [2.05, 4.69) is 0 Å². The van der Waals surface area contributed by atoms with Gasteiger partial charge in [0.2, 0.25) is 5.91 Å². The van der Waals surface area contributed by atoms with Crippen LogP contribution in [0.5, 0.6) is 17.2 Å². The van der Waals surface area contributed by atoms with E-state index < -0.39 is 33.3 Å². The van der Waals surface area contributed by atoms with Gasteiger partial charge in [0.15, 0.2) is 5.54 Å². The zero-order chi connectivity index (χ0) is 32.7. The van der Waals surface area contributed by atoms with Crippen molar-refractivity contribution in [2.45, 2.75) is 35.7 Å². The molecule has 0 saturated carbocycles. The summed E-state index contributed by atoms with van der Waals surface area (Å²) in [4.78, 5) is 31.7. The number of carbonyl (C=O) groups is 2. The van der Waals surface area contributed by atoms with E-state index in [-0.39, 0.29) is 58.7 Å². The average molecular weight is 642 g/mol. The summed E-state index contributed by atoms with van der Waals surface area (Å²) < 4.78 is 61.5. The Morgan fingerprint density at radius 3 is 2.38 bits per heavy atom. The minimum absolute atomic E-state index is 0.0430. The highest BCUT2D eigenvalue weighted by Gasteiger charge is 2.63. The number of hydrogen-bond donors (Lipinski definition) is 1. The van der Waals surface area contributed by atoms with Gasteiger partial charge in [-0.3, -0.25) is 14.5 Å². The first-order chi connectivity index (χ1) is 21.5. The molecule has 1 unspecified atom stereocenters. The molecule has 2 atom stereocenters. The highest BCUT2D eigenvalue weighted by atomic mass is 32.2. The number of sulfonamides is 1. The number of hydrogen-bond acceptors (Lipinski definition) is 9. The van der Waals surface area contributed by atoms with Crippen LogP contribution in [0.4, 0.5) is 10.1 Å². The Balaban J connectivity index is 1.88. The molecule has 45 heavy (non-hydrogen) atoms. The van der Waals surface area contributed by atoms with Crippen LogP contribution >= 0.6 is 0 Å². The lowest BCUT2D eigenvalue weighted by atomic mass is 9.80. The highest BCUT2D eigenvalue weighted by molar-refractivity contribution is 7.93. The Labute approximate surface area is 261 Å². The van der Waals surface area contributed by atoms with E-state index in [0.717, 1.165) is 12.1 Å². The first-order valence-corrected chi connectivity index (χ1v) is 15.8. The summed E-state index contributed by atoms with van der Waals surface area (Å²) in [5, 5.41) is 9.75. The smallest absolute Gasteiger partial charge is 0.274 e. The van der Waals surface area contributed by atoms with Crippen molar-refractivity contribution in [3.63, 3.8) is 0 Å². The predicted molar refractivity (Wildman–Crippen MR) is 164 cm³/mol. The number of nitrogens with zero attached hydrogens (tertiary/aromatic N) is 3. The first kappa shape index (κ1) is 32.2. The molecule has 0 radical (unpaired) electrons. The molecule has 0 bridgehead atoms. The normalized spacial score (nSPS) is 19.8. The van der Waals surface area contributed by atoms with Crippen LogP contribution in [-0.2, 0) is 31.6 Å². The molecule has 1 N–H and O–H groups in total. The van der Waals surface area contributed by atoms with E-state index >= 15 is 9.18 Å². The van der Waals surface area contributed by atoms with Crippen molar-refractivity contribution < 1.29 is 41.7 Å². The maximum atomic E-state index is 15.3. The number of anilines is 1. The van der Waals surface area contributed by atoms with Gasteiger partial charge in [-0.25, -0.2) is 17.1 Å². The van der Waals surface area contributed by atoms with Crippen LogP contribution < -0.4 is 18.5 Å². The van der Waals surface area contributed by atoms with Crippen LogP contribution in [0.25, 0.3) is 0 Å². The molecular weight excluding hydrogens is 605 g/mol. The molecule has 3 aromatic carbocycles. The summed E-state index contributed by atoms with van der Waals surface area (Å²) in [7, 11) is 2.63. The number of methoxy groups -OCH3 is 3. The van der Waals surface area contributed by atoms with Crippen LogP contribution in [0.2, 0.25) is 0 Å². The van der Waals surface area contributed by atoms with Crippen LogP contribution in [0, 0.1) is 5.82 Å². The zero-order valence-electron chi connectivity index (χ0n) is 25.7. The topological polar surface area (TPSA) is 126 Å². The van der Waals surface area contributed by atoms with Gasteiger partial charge in [-0.2, -0.15) is 0 Å². The number of benzene rings is 3. The first-order valence-electron chi connectivity index (χ1n) is 14.3. The van der Waals surface area contributed by atoms with Gasteiger partial charge in [-0.1, -0.05) is 6.07 Å². The Morgan fingerprint density at radius 2 is 1.73 bits per heavy atom. The van der Waals surface area contributed by atoms with Crippen LogP contribution in [0.3, 0.4) is 0 Å². The number of ether oxygens (including phenoxy) is 3. The fourth-order valence-corrected chi connectivity index (χ4v) is 8.01. The van der Waals surface area contributed by atoms with E-state index in [0.29, 0.717) is 28.5 Å². The quantitative estimate of drug-likeness (QED) is 0.356. The third-order valence-corrected chi connectivity index (χ3v) is 10.2. The van der Waals surface area contributed by atoms with Crippen molar-refractivity contribution in [2.75, 3.05) is 52.9 Å². The Morgan fingerprint density at radius 1 is 1.00 bits per heavy atom. The SMILES string of the molecule is COc1ccc(S(=O)(=O)N2C(=O)C(c3cc(CCO)ccc3OC)(N3CCC[C@H]3C(=O)N(C)C)c3cc(F)ccc32)c(OC)c1. The fourth-order valence-electron chi connectivity index (χ4n) is 6.41. The lowest BCUT2D eigenvalue weighted by Crippen LogP contribution is -2.59. The van der Waals surface area contributed by atoms with Gasteiger partial charge in [0.1, 0.15) is 28.0 Å². The molecule has 2 heterocycles. The second-order valence-electron chi connectivity index (χ2n) is 11.1. The number of rotatable bonds is 10. The molecule has 2 amide bonds. The lowest BCUT2D eigenvalue weighted by molar-refractivity contribution is -0.138. The molecule has 0 aliphatic carbocycles. The van der Waals surface area contributed by atoms with Gasteiger partial charge in [0.25, 0.3) is 15.9 Å². The summed E-state index contributed by atoms with van der Waals surface area (Å²) in [6.07, 6.45) is 1.12. The van der Waals surface area contributed by atoms with Crippen molar-refractivity contribution in [1.82, 2.24) is 9.80 Å². The molecule has 5 rings (SSSR count). The Bertz CT molecular complexity index is 1750. The number of likely N-dealkylation sites (tertiary alicyclic amines) is 1. The predicted octanol–water partition coefficient (Wildman–Crippen LogP) is 2.92. The van der Waals surface area contributed by atoms with Gasteiger partial charge >= 0.3 is 0 Å². The van der Waals surface area contributed by atoms with E-state index in [1.54, 1.807) is 37.2 Å². The van der Waals surface area contributed by atoms with Crippen molar-refractivity contribution in [2.24, 2.45) is 0 Å². The van der Waals surface area contributed by atoms with E-state index in [9.17, 15) is 18.3 Å². The van der Waals surface area contributed by atoms with E-state index in [1.807, 2.05) is 0 Å². The Hall–Kier alpha value is -4.20. The third-order valence-electron chi connectivity index (χ3n) is 8.41. The van der Waals surface area contributed by atoms with Gasteiger partial charge in [-0.15, -0.1) is 0 Å². The third kappa shape index (κ3) is 5.08. The summed E-state index contributed by atoms with van der Waals surface area (Å²) in [6, 6.07) is 11.7. The largest absolute Gasteiger partial charge is 0.497 e. The fraction of sp³-hybridized carbons (Fsp3) is 0.375. The molecule has 2 aliphatic heterocycles. The second kappa shape index (κ2) is 12.3. The lowest BCUT2D eigenvalue weighted by Gasteiger charge is -2.42. The minimum Gasteiger partial charge on any atom is -0.497 e. The molecule has 3 aromatic rings. The van der Waals surface area contributed by atoms with Crippen molar-refractivity contribution in [3.8, 4) is 17.2 Å². The van der Waals surface area contributed by atoms with Crippen molar-refractivity contribution in [1.29, 1.82) is 0 Å². The van der Waals surface area contributed by atoms with Crippen LogP contribution in [0.1, 0.15) is 29.5 Å². The maximum Gasteiger partial charge on any atom is 0.274 e. The number of carbonyl (C=O) groups excluding carboxylic acids is 2. The number of fused-ring (bicyclic) bond motifs is 1. The minimum atomic E-state index is -4.71. The number of aliphatic hydroxyl groups is 1. The molecular formula is C32H36FN3O8S. The summed E-state index contributed by atoms with van der Waals surface area (Å²) >= 11 is 0. The second-order valence-corrected chi connectivity index (χ2v) is 12.8. The molecule has 1 saturated heterocycles. The molecule has 13 heteroatoms. The van der Waals surface area contributed by atoms with E-state index in [4.69, 9.17) is 14.2 Å². The van der Waals surface area contributed by atoms with Crippen LogP contribution in [-0.4, -0.2) is 89.8 Å². The van der Waals surface area contributed by atoms with Crippen molar-refractivity contribution in [3.05, 3.63) is 77.1 Å². The summed E-state index contributed by atoms with van der Waals surface area (Å²) in [5.41, 5.74) is -1.18. The maximum absolute atomic E-state index is 15.3. The number of aliphatic hydroxyl groups excluding tert-OH is 1. The molecule has 11 nitrogen and oxygen atoms in total. The van der Waals surface area contributed by atoms with Gasteiger partial charge < -0.3 is 24.2 Å². The number of likely N-dealkylation sites (N-methyl/N-ethyl adjacent to an activating group) is 1. The van der Waals surface area contributed by atoms with Gasteiger partial charge in [0, 0.05) is 44.4 Å². The Kier molecular flexibility index (Phi) is 8.80. The molecule has 240 valence electrons. The monoisotopic (exact) mass is 641 g/mol. The zero-order valence-corrected chi connectivity index (χ0v) is 26.6. The number of amides is 2. The van der Waals surface area contributed by atoms with Gasteiger partial charge in [-0.05, 0) is 67.3 Å². The molecule has 2 aliphatic rings. The average Bonchev–Trinajstić information content (AvgIpc) is 3.61. The molecule has 0 spiro atoms. The van der Waals surface area contributed by atoms with Gasteiger partial charge in [0.05, 0.1) is 33.1 Å². The molecule has 1 fully saturated rings. The summed E-state index contributed by atoms with van der Waals surface area (Å²) in [5.74, 6) is -1.42. The van der Waals surface area contributed by atoms with E-state index in [1.165, 1.54) is 50.5 Å². The van der Waals surface area contributed by atoms with Crippen LogP contribution in [0.15, 0.2) is 59.5 Å². The highest BCUT2D eigenvalue weighted by Crippen LogP contribution is 2.55.